The zero-order valence-electron chi connectivity index (χ0n) is 15.2. The lowest BCUT2D eigenvalue weighted by atomic mass is 9.78. The van der Waals surface area contributed by atoms with E-state index in [2.05, 4.69) is 69.6 Å². The summed E-state index contributed by atoms with van der Waals surface area (Å²) in [6.45, 7) is 19.1. The SMILES string of the molecule is CCc1cc(CC(CNCC(C)C)C(C)(C)C)n(CC)n1. The first-order valence-corrected chi connectivity index (χ1v) is 8.54. The maximum Gasteiger partial charge on any atom is 0.0624 e. The van der Waals surface area contributed by atoms with Crippen LogP contribution in [-0.4, -0.2) is 22.9 Å². The Kier molecular flexibility index (Phi) is 6.92. The molecule has 0 radical (unpaired) electrons. The third kappa shape index (κ3) is 5.82. The van der Waals surface area contributed by atoms with Crippen molar-refractivity contribution in [3.05, 3.63) is 17.5 Å². The summed E-state index contributed by atoms with van der Waals surface area (Å²) >= 11 is 0. The van der Waals surface area contributed by atoms with Gasteiger partial charge in [-0.05, 0) is 56.2 Å². The summed E-state index contributed by atoms with van der Waals surface area (Å²) in [6.07, 6.45) is 2.13. The standard InChI is InChI=1S/C18H35N3/c1-8-16-11-17(21(9-2)20-16)10-15(18(5,6)7)13-19-12-14(3)4/h11,14-15,19H,8-10,12-13H2,1-7H3. The molecule has 1 heterocycles. The van der Waals surface area contributed by atoms with Crippen LogP contribution in [0.25, 0.3) is 0 Å². The van der Waals surface area contributed by atoms with E-state index >= 15 is 0 Å². The summed E-state index contributed by atoms with van der Waals surface area (Å²) in [5, 5.41) is 8.33. The normalized spacial score (nSPS) is 13.9. The first-order chi connectivity index (χ1) is 9.77. The smallest absolute Gasteiger partial charge is 0.0624 e. The highest BCUT2D eigenvalue weighted by Gasteiger charge is 2.26. The average Bonchev–Trinajstić information content (AvgIpc) is 2.78. The Balaban J connectivity index is 2.78. The first kappa shape index (κ1) is 18.2. The Hall–Kier alpha value is -0.830. The lowest BCUT2D eigenvalue weighted by Gasteiger charge is -2.31. The number of aromatic nitrogens is 2. The van der Waals surface area contributed by atoms with Gasteiger partial charge in [-0.1, -0.05) is 41.5 Å². The molecule has 0 fully saturated rings. The Morgan fingerprint density at radius 1 is 1.19 bits per heavy atom. The molecule has 0 aromatic carbocycles. The summed E-state index contributed by atoms with van der Waals surface area (Å²) in [7, 11) is 0. The molecule has 21 heavy (non-hydrogen) atoms. The maximum atomic E-state index is 4.69. The average molecular weight is 293 g/mol. The fraction of sp³-hybridized carbons (Fsp3) is 0.833. The lowest BCUT2D eigenvalue weighted by molar-refractivity contribution is 0.225. The molecule has 1 rings (SSSR count). The summed E-state index contributed by atoms with van der Waals surface area (Å²) < 4.78 is 2.18. The molecule has 1 aromatic rings. The lowest BCUT2D eigenvalue weighted by Crippen LogP contribution is -2.35. The van der Waals surface area contributed by atoms with Crippen LogP contribution in [0, 0.1) is 17.3 Å². The molecular formula is C18H35N3. The fourth-order valence-corrected chi connectivity index (χ4v) is 2.61. The zero-order valence-corrected chi connectivity index (χ0v) is 15.2. The number of rotatable bonds is 8. The van der Waals surface area contributed by atoms with Crippen LogP contribution in [0.4, 0.5) is 0 Å². The molecule has 3 heteroatoms. The summed E-state index contributed by atoms with van der Waals surface area (Å²) in [6, 6.07) is 2.30. The predicted molar refractivity (Wildman–Crippen MR) is 91.6 cm³/mol. The summed E-state index contributed by atoms with van der Waals surface area (Å²) in [4.78, 5) is 0. The van der Waals surface area contributed by atoms with Gasteiger partial charge in [-0.15, -0.1) is 0 Å². The Morgan fingerprint density at radius 2 is 1.86 bits per heavy atom. The second-order valence-electron chi connectivity index (χ2n) is 7.62. The van der Waals surface area contributed by atoms with Gasteiger partial charge in [0, 0.05) is 12.2 Å². The van der Waals surface area contributed by atoms with Gasteiger partial charge >= 0.3 is 0 Å². The van der Waals surface area contributed by atoms with Crippen LogP contribution >= 0.6 is 0 Å². The van der Waals surface area contributed by atoms with Gasteiger partial charge in [-0.2, -0.15) is 5.10 Å². The van der Waals surface area contributed by atoms with E-state index in [-0.39, 0.29) is 0 Å². The Labute approximate surface area is 131 Å². The molecule has 0 saturated heterocycles. The molecule has 0 spiro atoms. The highest BCUT2D eigenvalue weighted by molar-refractivity contribution is 5.12. The van der Waals surface area contributed by atoms with Crippen LogP contribution in [0.2, 0.25) is 0 Å². The molecule has 0 aliphatic carbocycles. The van der Waals surface area contributed by atoms with Crippen molar-refractivity contribution in [3.8, 4) is 0 Å². The van der Waals surface area contributed by atoms with E-state index in [1.54, 1.807) is 0 Å². The van der Waals surface area contributed by atoms with Crippen LogP contribution in [0.5, 0.6) is 0 Å². The van der Waals surface area contributed by atoms with Crippen LogP contribution in [0.1, 0.15) is 59.9 Å². The van der Waals surface area contributed by atoms with Crippen molar-refractivity contribution in [1.29, 1.82) is 0 Å². The van der Waals surface area contributed by atoms with E-state index in [1.165, 1.54) is 11.4 Å². The quantitative estimate of drug-likeness (QED) is 0.787. The summed E-state index contributed by atoms with van der Waals surface area (Å²) in [5.74, 6) is 1.33. The maximum absolute atomic E-state index is 4.69. The van der Waals surface area contributed by atoms with Gasteiger partial charge in [0.2, 0.25) is 0 Å². The van der Waals surface area contributed by atoms with E-state index < -0.39 is 0 Å². The van der Waals surface area contributed by atoms with Gasteiger partial charge in [0.05, 0.1) is 5.69 Å². The molecule has 1 N–H and O–H groups in total. The molecule has 0 bridgehead atoms. The van der Waals surface area contributed by atoms with Gasteiger partial charge in [0.1, 0.15) is 0 Å². The zero-order chi connectivity index (χ0) is 16.0. The van der Waals surface area contributed by atoms with E-state index in [0.717, 1.165) is 32.5 Å². The minimum absolute atomic E-state index is 0.305. The molecule has 0 saturated carbocycles. The van der Waals surface area contributed by atoms with Crippen molar-refractivity contribution in [2.75, 3.05) is 13.1 Å². The third-order valence-electron chi connectivity index (χ3n) is 4.20. The van der Waals surface area contributed by atoms with Crippen molar-refractivity contribution < 1.29 is 0 Å². The summed E-state index contributed by atoms with van der Waals surface area (Å²) in [5.41, 5.74) is 2.91. The van der Waals surface area contributed by atoms with Crippen molar-refractivity contribution >= 4 is 0 Å². The molecule has 3 nitrogen and oxygen atoms in total. The fourth-order valence-electron chi connectivity index (χ4n) is 2.61. The van der Waals surface area contributed by atoms with E-state index in [4.69, 9.17) is 0 Å². The van der Waals surface area contributed by atoms with Crippen LogP contribution in [0.15, 0.2) is 6.07 Å². The monoisotopic (exact) mass is 293 g/mol. The molecule has 1 aromatic heterocycles. The molecule has 1 atom stereocenters. The first-order valence-electron chi connectivity index (χ1n) is 8.54. The van der Waals surface area contributed by atoms with E-state index in [9.17, 15) is 0 Å². The molecule has 0 amide bonds. The molecular weight excluding hydrogens is 258 g/mol. The van der Waals surface area contributed by atoms with Gasteiger partial charge in [-0.25, -0.2) is 0 Å². The van der Waals surface area contributed by atoms with Crippen molar-refractivity contribution in [2.45, 2.75) is 67.9 Å². The second-order valence-corrected chi connectivity index (χ2v) is 7.62. The van der Waals surface area contributed by atoms with Crippen LogP contribution in [0.3, 0.4) is 0 Å². The molecule has 0 aliphatic rings. The van der Waals surface area contributed by atoms with Crippen LogP contribution < -0.4 is 5.32 Å². The van der Waals surface area contributed by atoms with Crippen LogP contribution in [-0.2, 0) is 19.4 Å². The minimum Gasteiger partial charge on any atom is -0.316 e. The number of nitrogens with one attached hydrogen (secondary N) is 1. The largest absolute Gasteiger partial charge is 0.316 e. The highest BCUT2D eigenvalue weighted by Crippen LogP contribution is 2.29. The van der Waals surface area contributed by atoms with Crippen molar-refractivity contribution in [2.24, 2.45) is 17.3 Å². The van der Waals surface area contributed by atoms with Gasteiger partial charge < -0.3 is 5.32 Å². The molecule has 0 aliphatic heterocycles. The third-order valence-corrected chi connectivity index (χ3v) is 4.20. The predicted octanol–water partition coefficient (Wildman–Crippen LogP) is 3.92. The van der Waals surface area contributed by atoms with Crippen molar-refractivity contribution in [1.82, 2.24) is 15.1 Å². The topological polar surface area (TPSA) is 29.9 Å². The van der Waals surface area contributed by atoms with Gasteiger partial charge in [0.15, 0.2) is 0 Å². The number of aryl methyl sites for hydroxylation is 2. The minimum atomic E-state index is 0.305. The van der Waals surface area contributed by atoms with Gasteiger partial charge in [-0.3, -0.25) is 4.68 Å². The Morgan fingerprint density at radius 3 is 2.33 bits per heavy atom. The number of hydrogen-bond donors (Lipinski definition) is 1. The van der Waals surface area contributed by atoms with E-state index in [1.807, 2.05) is 0 Å². The van der Waals surface area contributed by atoms with E-state index in [0.29, 0.717) is 17.3 Å². The molecule has 122 valence electrons. The highest BCUT2D eigenvalue weighted by atomic mass is 15.3. The second kappa shape index (κ2) is 7.98. The number of nitrogens with zero attached hydrogens (tertiary/aromatic N) is 2. The number of hydrogen-bond acceptors (Lipinski definition) is 2. The Bertz CT molecular complexity index is 413. The van der Waals surface area contributed by atoms with Crippen molar-refractivity contribution in [3.63, 3.8) is 0 Å². The van der Waals surface area contributed by atoms with Gasteiger partial charge in [0.25, 0.3) is 0 Å². The molecule has 1 unspecified atom stereocenters.